The third-order valence-corrected chi connectivity index (χ3v) is 5.14. The Hall–Kier alpha value is -3.08. The number of nitrogens with zero attached hydrogens (tertiary/aromatic N) is 3. The summed E-state index contributed by atoms with van der Waals surface area (Å²) in [5.41, 5.74) is 0.193. The predicted molar refractivity (Wildman–Crippen MR) is 102 cm³/mol. The molecule has 1 fully saturated rings. The highest BCUT2D eigenvalue weighted by molar-refractivity contribution is 5.79. The molecular weight excluding hydrogens is 381 g/mol. The van der Waals surface area contributed by atoms with Crippen LogP contribution in [0.4, 0.5) is 19.0 Å². The zero-order valence-corrected chi connectivity index (χ0v) is 15.9. The van der Waals surface area contributed by atoms with E-state index < -0.39 is 17.8 Å². The molecule has 8 heteroatoms. The largest absolute Gasteiger partial charge is 0.416 e. The molecule has 29 heavy (non-hydrogen) atoms. The molecule has 5 nitrogen and oxygen atoms in total. The first-order valence-corrected chi connectivity index (χ1v) is 9.36. The van der Waals surface area contributed by atoms with Crippen LogP contribution in [0.15, 0.2) is 42.6 Å². The maximum Gasteiger partial charge on any atom is 0.416 e. The minimum absolute atomic E-state index is 0.151. The van der Waals surface area contributed by atoms with E-state index in [1.54, 1.807) is 25.1 Å². The number of nitriles is 1. The molecule has 2 heterocycles. The summed E-state index contributed by atoms with van der Waals surface area (Å²) in [7, 11) is 0. The average molecular weight is 402 g/mol. The highest BCUT2D eigenvalue weighted by Gasteiger charge is 2.31. The van der Waals surface area contributed by atoms with Crippen LogP contribution in [-0.2, 0) is 11.0 Å². The molecule has 1 amide bonds. The van der Waals surface area contributed by atoms with Crippen molar-refractivity contribution in [2.75, 3.05) is 18.0 Å². The van der Waals surface area contributed by atoms with Crippen LogP contribution in [0.2, 0.25) is 0 Å². The van der Waals surface area contributed by atoms with E-state index in [2.05, 4.69) is 15.2 Å². The Morgan fingerprint density at radius 1 is 1.28 bits per heavy atom. The van der Waals surface area contributed by atoms with E-state index >= 15 is 0 Å². The fraction of sp³-hybridized carbons (Fsp3) is 0.381. The number of alkyl halides is 3. The van der Waals surface area contributed by atoms with Crippen molar-refractivity contribution < 1.29 is 18.0 Å². The summed E-state index contributed by atoms with van der Waals surface area (Å²) < 4.78 is 38.7. The van der Waals surface area contributed by atoms with Gasteiger partial charge in [-0.05, 0) is 49.6 Å². The SMILES string of the molecule is C[C@@H](NC(=O)C1CCN(c2ccc(C#N)cn2)CC1)c1cccc(C(F)(F)F)c1. The third-order valence-electron chi connectivity index (χ3n) is 5.14. The van der Waals surface area contributed by atoms with Crippen LogP contribution in [0, 0.1) is 17.2 Å². The Bertz CT molecular complexity index is 897. The number of carbonyl (C=O) groups is 1. The number of hydrogen-bond acceptors (Lipinski definition) is 4. The number of benzene rings is 1. The average Bonchev–Trinajstić information content (AvgIpc) is 2.73. The van der Waals surface area contributed by atoms with Crippen molar-refractivity contribution in [3.05, 3.63) is 59.3 Å². The molecule has 1 aliphatic rings. The van der Waals surface area contributed by atoms with Crippen LogP contribution in [0.25, 0.3) is 0 Å². The maximum absolute atomic E-state index is 12.9. The lowest BCUT2D eigenvalue weighted by Crippen LogP contribution is -2.41. The number of rotatable bonds is 4. The van der Waals surface area contributed by atoms with Gasteiger partial charge in [0.25, 0.3) is 0 Å². The standard InChI is InChI=1S/C21H21F3N4O/c1-14(17-3-2-4-18(11-17)21(22,23)24)27-20(29)16-7-9-28(10-8-16)19-6-5-15(12-25)13-26-19/h2-6,11,13-14,16H,7-10H2,1H3,(H,27,29)/t14-/m1/s1. The summed E-state index contributed by atoms with van der Waals surface area (Å²) in [6.45, 7) is 2.98. The first-order valence-electron chi connectivity index (χ1n) is 9.36. The van der Waals surface area contributed by atoms with Gasteiger partial charge in [0.1, 0.15) is 11.9 Å². The van der Waals surface area contributed by atoms with Gasteiger partial charge in [0.05, 0.1) is 17.2 Å². The number of nitrogens with one attached hydrogen (secondary N) is 1. The van der Waals surface area contributed by atoms with E-state index in [9.17, 15) is 18.0 Å². The number of piperidine rings is 1. The summed E-state index contributed by atoms with van der Waals surface area (Å²) in [6.07, 6.45) is -1.64. The molecule has 0 bridgehead atoms. The lowest BCUT2D eigenvalue weighted by molar-refractivity contribution is -0.137. The summed E-state index contributed by atoms with van der Waals surface area (Å²) in [6, 6.07) is 10.0. The molecule has 1 saturated heterocycles. The molecule has 0 spiro atoms. The van der Waals surface area contributed by atoms with Crippen molar-refractivity contribution in [2.24, 2.45) is 5.92 Å². The molecule has 1 atom stereocenters. The Balaban J connectivity index is 1.56. The number of halogens is 3. The van der Waals surface area contributed by atoms with Gasteiger partial charge in [-0.25, -0.2) is 4.98 Å². The van der Waals surface area contributed by atoms with Gasteiger partial charge in [0.2, 0.25) is 5.91 Å². The Morgan fingerprint density at radius 2 is 2.00 bits per heavy atom. The first-order chi connectivity index (χ1) is 13.8. The van der Waals surface area contributed by atoms with Gasteiger partial charge in [0.15, 0.2) is 0 Å². The molecule has 152 valence electrons. The summed E-state index contributed by atoms with van der Waals surface area (Å²) in [5.74, 6) is 0.417. The number of hydrogen-bond donors (Lipinski definition) is 1. The van der Waals surface area contributed by atoms with Crippen molar-refractivity contribution in [1.82, 2.24) is 10.3 Å². The molecule has 3 rings (SSSR count). The zero-order valence-electron chi connectivity index (χ0n) is 15.9. The molecule has 0 unspecified atom stereocenters. The van der Waals surface area contributed by atoms with Gasteiger partial charge in [-0.3, -0.25) is 4.79 Å². The predicted octanol–water partition coefficient (Wildman–Crippen LogP) is 4.07. The van der Waals surface area contributed by atoms with Gasteiger partial charge >= 0.3 is 6.18 Å². The normalized spacial score (nSPS) is 16.2. The molecule has 2 aromatic rings. The van der Waals surface area contributed by atoms with E-state index in [4.69, 9.17) is 5.26 Å². The first kappa shape index (κ1) is 20.6. The Labute approximate surface area is 167 Å². The van der Waals surface area contributed by atoms with Gasteiger partial charge in [-0.15, -0.1) is 0 Å². The van der Waals surface area contributed by atoms with Crippen molar-refractivity contribution >= 4 is 11.7 Å². The maximum atomic E-state index is 12.9. The van der Waals surface area contributed by atoms with Crippen molar-refractivity contribution in [3.8, 4) is 6.07 Å². The minimum atomic E-state index is -4.41. The summed E-state index contributed by atoms with van der Waals surface area (Å²) >= 11 is 0. The monoisotopic (exact) mass is 402 g/mol. The Morgan fingerprint density at radius 3 is 2.59 bits per heavy atom. The highest BCUT2D eigenvalue weighted by atomic mass is 19.4. The Kier molecular flexibility index (Phi) is 6.06. The lowest BCUT2D eigenvalue weighted by atomic mass is 9.95. The minimum Gasteiger partial charge on any atom is -0.357 e. The van der Waals surface area contributed by atoms with Crippen LogP contribution in [0.5, 0.6) is 0 Å². The molecule has 1 aromatic heterocycles. The quantitative estimate of drug-likeness (QED) is 0.837. The van der Waals surface area contributed by atoms with E-state index in [1.807, 2.05) is 6.07 Å². The van der Waals surface area contributed by atoms with Gasteiger partial charge in [0, 0.05) is 25.2 Å². The number of aromatic nitrogens is 1. The van der Waals surface area contributed by atoms with Crippen LogP contribution in [0.1, 0.15) is 42.5 Å². The van der Waals surface area contributed by atoms with Gasteiger partial charge in [-0.2, -0.15) is 18.4 Å². The number of pyridine rings is 1. The third kappa shape index (κ3) is 5.05. The van der Waals surface area contributed by atoms with E-state index in [1.165, 1.54) is 12.3 Å². The second kappa shape index (κ2) is 8.52. The molecule has 0 radical (unpaired) electrons. The summed E-state index contributed by atoms with van der Waals surface area (Å²) in [5, 5.41) is 11.7. The van der Waals surface area contributed by atoms with E-state index in [0.717, 1.165) is 18.0 Å². The van der Waals surface area contributed by atoms with E-state index in [-0.39, 0.29) is 11.8 Å². The van der Waals surface area contributed by atoms with Crippen LogP contribution >= 0.6 is 0 Å². The molecule has 0 aliphatic carbocycles. The molecule has 1 aliphatic heterocycles. The number of anilines is 1. The van der Waals surface area contributed by atoms with Crippen molar-refractivity contribution in [2.45, 2.75) is 32.0 Å². The molecule has 0 saturated carbocycles. The van der Waals surface area contributed by atoms with Crippen LogP contribution in [0.3, 0.4) is 0 Å². The highest BCUT2D eigenvalue weighted by Crippen LogP contribution is 2.31. The van der Waals surface area contributed by atoms with Gasteiger partial charge in [-0.1, -0.05) is 12.1 Å². The topological polar surface area (TPSA) is 69.0 Å². The lowest BCUT2D eigenvalue weighted by Gasteiger charge is -2.32. The van der Waals surface area contributed by atoms with Gasteiger partial charge < -0.3 is 10.2 Å². The fourth-order valence-corrected chi connectivity index (χ4v) is 3.41. The summed E-state index contributed by atoms with van der Waals surface area (Å²) in [4.78, 5) is 18.9. The van der Waals surface area contributed by atoms with E-state index in [0.29, 0.717) is 37.1 Å². The molecule has 1 aromatic carbocycles. The van der Waals surface area contributed by atoms with Crippen molar-refractivity contribution in [3.63, 3.8) is 0 Å². The van der Waals surface area contributed by atoms with Crippen molar-refractivity contribution in [1.29, 1.82) is 5.26 Å². The number of carbonyl (C=O) groups excluding carboxylic acids is 1. The van der Waals surface area contributed by atoms with Crippen LogP contribution < -0.4 is 10.2 Å². The number of amides is 1. The zero-order chi connectivity index (χ0) is 21.0. The second-order valence-electron chi connectivity index (χ2n) is 7.13. The van der Waals surface area contributed by atoms with Crippen LogP contribution in [-0.4, -0.2) is 24.0 Å². The fourth-order valence-electron chi connectivity index (χ4n) is 3.41. The molecule has 1 N–H and O–H groups in total. The second-order valence-corrected chi connectivity index (χ2v) is 7.13. The molecular formula is C21H21F3N4O. The smallest absolute Gasteiger partial charge is 0.357 e.